The SMILES string of the molecule is C[C@@H]1OC12C[C@@H](C)[C@@](C)(O)C(=O)OCC1=CC[N+]3([O-])CC[C@@H](OC2=O)[C@@H]13. The van der Waals surface area contributed by atoms with Gasteiger partial charge in [0.15, 0.2) is 23.3 Å². The van der Waals surface area contributed by atoms with E-state index in [0.717, 1.165) is 0 Å². The van der Waals surface area contributed by atoms with Crippen LogP contribution in [-0.4, -0.2) is 70.8 Å². The smallest absolute Gasteiger partial charge is 0.341 e. The summed E-state index contributed by atoms with van der Waals surface area (Å²) in [5.74, 6) is -1.83. The van der Waals surface area contributed by atoms with E-state index in [2.05, 4.69) is 0 Å². The van der Waals surface area contributed by atoms with Gasteiger partial charge in [-0.1, -0.05) is 6.92 Å². The maximum atomic E-state index is 13.0. The van der Waals surface area contributed by atoms with Gasteiger partial charge in [-0.05, 0) is 32.3 Å². The summed E-state index contributed by atoms with van der Waals surface area (Å²) in [6.45, 7) is 5.39. The summed E-state index contributed by atoms with van der Waals surface area (Å²) >= 11 is 0. The Morgan fingerprint density at radius 3 is 2.65 bits per heavy atom. The van der Waals surface area contributed by atoms with Crippen LogP contribution in [0.15, 0.2) is 11.6 Å². The summed E-state index contributed by atoms with van der Waals surface area (Å²) in [5.41, 5.74) is -2.28. The van der Waals surface area contributed by atoms with E-state index < -0.39 is 45.9 Å². The van der Waals surface area contributed by atoms with Gasteiger partial charge in [-0.25, -0.2) is 9.59 Å². The predicted molar refractivity (Wildman–Crippen MR) is 88.4 cm³/mol. The summed E-state index contributed by atoms with van der Waals surface area (Å²) in [6, 6.07) is -0.556. The molecule has 3 fully saturated rings. The highest BCUT2D eigenvalue weighted by Crippen LogP contribution is 2.47. The van der Waals surface area contributed by atoms with Crippen molar-refractivity contribution in [2.45, 2.75) is 63.1 Å². The molecule has 7 atom stereocenters. The molecule has 8 nitrogen and oxygen atoms in total. The summed E-state index contributed by atoms with van der Waals surface area (Å²) < 4.78 is 16.2. The van der Waals surface area contributed by atoms with Crippen molar-refractivity contribution in [3.63, 3.8) is 0 Å². The largest absolute Gasteiger partial charge is 0.632 e. The lowest BCUT2D eigenvalue weighted by atomic mass is 9.82. The maximum absolute atomic E-state index is 13.0. The fourth-order valence-electron chi connectivity index (χ4n) is 4.53. The van der Waals surface area contributed by atoms with Crippen molar-refractivity contribution in [3.8, 4) is 0 Å². The van der Waals surface area contributed by atoms with Crippen LogP contribution in [0.2, 0.25) is 0 Å². The first-order valence-corrected chi connectivity index (χ1v) is 9.15. The van der Waals surface area contributed by atoms with Crippen molar-refractivity contribution in [2.75, 3.05) is 19.7 Å². The van der Waals surface area contributed by atoms with E-state index in [9.17, 15) is 19.9 Å². The number of nitrogens with zero attached hydrogens (tertiary/aromatic N) is 1. The molecule has 0 bridgehead atoms. The lowest BCUT2D eigenvalue weighted by Gasteiger charge is -2.41. The third-order valence-corrected chi connectivity index (χ3v) is 6.64. The van der Waals surface area contributed by atoms with E-state index in [1.54, 1.807) is 19.9 Å². The minimum atomic E-state index is -1.77. The zero-order valence-electron chi connectivity index (χ0n) is 15.3. The van der Waals surface area contributed by atoms with Crippen LogP contribution < -0.4 is 0 Å². The first-order valence-electron chi connectivity index (χ1n) is 9.15. The van der Waals surface area contributed by atoms with Gasteiger partial charge in [0.05, 0.1) is 19.2 Å². The van der Waals surface area contributed by atoms with Crippen molar-refractivity contribution in [1.82, 2.24) is 0 Å². The topological polar surface area (TPSA) is 108 Å². The van der Waals surface area contributed by atoms with Gasteiger partial charge in [0.25, 0.3) is 0 Å². The number of hydrogen-bond acceptors (Lipinski definition) is 7. The molecule has 0 aliphatic carbocycles. The van der Waals surface area contributed by atoms with E-state index in [4.69, 9.17) is 14.2 Å². The van der Waals surface area contributed by atoms with E-state index in [1.165, 1.54) is 6.92 Å². The van der Waals surface area contributed by atoms with Gasteiger partial charge < -0.3 is 29.2 Å². The highest BCUT2D eigenvalue weighted by atomic mass is 16.7. The van der Waals surface area contributed by atoms with Gasteiger partial charge in [-0.2, -0.15) is 0 Å². The van der Waals surface area contributed by atoms with Gasteiger partial charge in [-0.3, -0.25) is 0 Å². The Morgan fingerprint density at radius 2 is 2.00 bits per heavy atom. The highest BCUT2D eigenvalue weighted by molar-refractivity contribution is 5.84. The lowest BCUT2D eigenvalue weighted by Crippen LogP contribution is -2.51. The third-order valence-electron chi connectivity index (χ3n) is 6.64. The first kappa shape index (κ1) is 17.9. The Morgan fingerprint density at radius 1 is 1.31 bits per heavy atom. The van der Waals surface area contributed by atoms with Crippen LogP contribution in [0.25, 0.3) is 0 Å². The summed E-state index contributed by atoms with van der Waals surface area (Å²) in [7, 11) is 0. The molecule has 4 rings (SSSR count). The first-order chi connectivity index (χ1) is 12.1. The molecular formula is C18H25NO7. The second-order valence-corrected chi connectivity index (χ2v) is 8.29. The molecule has 1 N–H and O–H groups in total. The van der Waals surface area contributed by atoms with Crippen LogP contribution in [0.5, 0.6) is 0 Å². The average molecular weight is 367 g/mol. The number of epoxide rings is 1. The summed E-state index contributed by atoms with van der Waals surface area (Å²) in [5, 5.41) is 23.6. The molecule has 0 aromatic rings. The zero-order chi connectivity index (χ0) is 18.9. The van der Waals surface area contributed by atoms with Gasteiger partial charge in [0.1, 0.15) is 6.61 Å². The predicted octanol–water partition coefficient (Wildman–Crippen LogP) is 0.417. The number of hydrogen-bond donors (Lipinski definition) is 1. The standard InChI is InChI=1S/C18H25NO7/c1-10-8-18(11(2)26-18)16(21)25-13-5-7-19(23)6-4-12(14(13)19)9-24-15(20)17(10,3)22/h4,10-11,13-14,22H,5-9H2,1-3H3/t10-,11+,13-,14-,17-,18?,19?/m1/s1. The Kier molecular flexibility index (Phi) is 3.80. The monoisotopic (exact) mass is 367 g/mol. The van der Waals surface area contributed by atoms with Crippen molar-refractivity contribution >= 4 is 11.9 Å². The van der Waals surface area contributed by atoms with Crippen LogP contribution in [0, 0.1) is 11.1 Å². The van der Waals surface area contributed by atoms with E-state index in [0.29, 0.717) is 18.5 Å². The van der Waals surface area contributed by atoms with Crippen LogP contribution in [0.3, 0.4) is 0 Å². The summed E-state index contributed by atoms with van der Waals surface area (Å²) in [6.07, 6.45) is 1.48. The van der Waals surface area contributed by atoms with Gasteiger partial charge in [-0.15, -0.1) is 0 Å². The second kappa shape index (κ2) is 5.51. The number of cyclic esters (lactones) is 1. The molecule has 0 aromatic heterocycles. The zero-order valence-corrected chi connectivity index (χ0v) is 15.3. The quantitative estimate of drug-likeness (QED) is 0.217. The Hall–Kier alpha value is -1.48. The lowest BCUT2D eigenvalue weighted by molar-refractivity contribution is -0.877. The molecule has 144 valence electrons. The molecule has 1 spiro atoms. The van der Waals surface area contributed by atoms with Crippen LogP contribution in [-0.2, 0) is 23.8 Å². The van der Waals surface area contributed by atoms with Gasteiger partial charge >= 0.3 is 11.9 Å². The minimum Gasteiger partial charge on any atom is -0.632 e. The summed E-state index contributed by atoms with van der Waals surface area (Å²) in [4.78, 5) is 25.3. The molecule has 0 saturated carbocycles. The molecule has 4 aliphatic rings. The van der Waals surface area contributed by atoms with Crippen LogP contribution in [0.4, 0.5) is 0 Å². The molecule has 3 saturated heterocycles. The number of carbonyl (C=O) groups is 2. The Bertz CT molecular complexity index is 689. The minimum absolute atomic E-state index is 0.0687. The molecule has 4 heterocycles. The van der Waals surface area contributed by atoms with Crippen molar-refractivity contribution in [2.24, 2.45) is 5.92 Å². The number of quaternary nitrogens is 1. The molecular weight excluding hydrogens is 342 g/mol. The fraction of sp³-hybridized carbons (Fsp3) is 0.778. The maximum Gasteiger partial charge on any atom is 0.341 e. The second-order valence-electron chi connectivity index (χ2n) is 8.29. The fourth-order valence-corrected chi connectivity index (χ4v) is 4.53. The Labute approximate surface area is 151 Å². The Balaban J connectivity index is 1.68. The van der Waals surface area contributed by atoms with Gasteiger partial charge in [0.2, 0.25) is 0 Å². The van der Waals surface area contributed by atoms with Crippen molar-refractivity contribution < 1.29 is 33.6 Å². The highest BCUT2D eigenvalue weighted by Gasteiger charge is 2.64. The third kappa shape index (κ3) is 2.43. The van der Waals surface area contributed by atoms with E-state index in [-0.39, 0.29) is 25.7 Å². The number of aliphatic hydroxyl groups is 1. The van der Waals surface area contributed by atoms with Gasteiger partial charge in [0, 0.05) is 12.0 Å². The van der Waals surface area contributed by atoms with Crippen LogP contribution >= 0.6 is 0 Å². The van der Waals surface area contributed by atoms with E-state index >= 15 is 0 Å². The normalized spacial score (nSPS) is 51.0. The number of ether oxygens (including phenoxy) is 3. The van der Waals surface area contributed by atoms with E-state index in [1.807, 2.05) is 0 Å². The molecule has 0 amide bonds. The number of rotatable bonds is 0. The molecule has 2 unspecified atom stereocenters. The average Bonchev–Trinajstić information content (AvgIpc) is 2.94. The van der Waals surface area contributed by atoms with Crippen LogP contribution in [0.1, 0.15) is 33.6 Å². The molecule has 0 radical (unpaired) electrons. The number of esters is 2. The van der Waals surface area contributed by atoms with Crippen molar-refractivity contribution in [1.29, 1.82) is 0 Å². The molecule has 4 aliphatic heterocycles. The number of carbonyl (C=O) groups excluding carboxylic acids is 2. The van der Waals surface area contributed by atoms with Crippen molar-refractivity contribution in [3.05, 3.63) is 16.9 Å². The molecule has 26 heavy (non-hydrogen) atoms. The molecule has 8 heteroatoms. The number of hydroxylamine groups is 3. The molecule has 0 aromatic carbocycles.